The summed E-state index contributed by atoms with van der Waals surface area (Å²) in [5, 5.41) is 20.2. The van der Waals surface area contributed by atoms with E-state index in [1.165, 1.54) is 18.3 Å². The highest BCUT2D eigenvalue weighted by Crippen LogP contribution is 2.35. The summed E-state index contributed by atoms with van der Waals surface area (Å²) < 4.78 is 5.33. The minimum Gasteiger partial charge on any atom is -0.491 e. The number of pyridine rings is 1. The Labute approximate surface area is 113 Å². The Balaban J connectivity index is 2.83. The number of halogens is 1. The Morgan fingerprint density at radius 2 is 2.32 bits per heavy atom. The van der Waals surface area contributed by atoms with E-state index in [-0.39, 0.29) is 22.0 Å². The highest BCUT2D eigenvalue weighted by molar-refractivity contribution is 6.36. The van der Waals surface area contributed by atoms with Crippen LogP contribution >= 0.6 is 11.6 Å². The van der Waals surface area contributed by atoms with Crippen molar-refractivity contribution in [2.24, 2.45) is 0 Å². The molecule has 0 N–H and O–H groups in total. The first-order valence-electron chi connectivity index (χ1n) is 5.38. The fourth-order valence-corrected chi connectivity index (χ4v) is 1.91. The quantitative estimate of drug-likeness (QED) is 0.635. The number of rotatable bonds is 3. The first-order valence-corrected chi connectivity index (χ1v) is 5.75. The van der Waals surface area contributed by atoms with E-state index < -0.39 is 4.92 Å². The zero-order valence-corrected chi connectivity index (χ0v) is 10.6. The van der Waals surface area contributed by atoms with Crippen LogP contribution < -0.4 is 4.74 Å². The lowest BCUT2D eigenvalue weighted by Crippen LogP contribution is -1.97. The average molecular weight is 278 g/mol. The molecular weight excluding hydrogens is 270 g/mol. The van der Waals surface area contributed by atoms with Gasteiger partial charge in [-0.1, -0.05) is 11.6 Å². The fourth-order valence-electron chi connectivity index (χ4n) is 1.67. The van der Waals surface area contributed by atoms with Crippen molar-refractivity contribution in [1.82, 2.24) is 4.98 Å². The van der Waals surface area contributed by atoms with Gasteiger partial charge in [-0.2, -0.15) is 5.26 Å². The van der Waals surface area contributed by atoms with Crippen LogP contribution in [0.1, 0.15) is 12.5 Å². The van der Waals surface area contributed by atoms with Crippen LogP contribution in [-0.4, -0.2) is 16.5 Å². The number of nitrogens with zero attached hydrogens (tertiary/aromatic N) is 3. The Hall–Kier alpha value is -2.39. The van der Waals surface area contributed by atoms with Gasteiger partial charge in [-0.05, 0) is 6.92 Å². The first-order chi connectivity index (χ1) is 9.08. The lowest BCUT2D eigenvalue weighted by Gasteiger charge is -2.08. The van der Waals surface area contributed by atoms with Crippen LogP contribution in [0, 0.1) is 21.4 Å². The number of nitriles is 1. The van der Waals surface area contributed by atoms with E-state index >= 15 is 0 Å². The van der Waals surface area contributed by atoms with E-state index in [1.807, 2.05) is 6.07 Å². The molecule has 0 bridgehead atoms. The van der Waals surface area contributed by atoms with E-state index in [9.17, 15) is 10.1 Å². The summed E-state index contributed by atoms with van der Waals surface area (Å²) in [4.78, 5) is 14.4. The van der Waals surface area contributed by atoms with Crippen molar-refractivity contribution in [3.05, 3.63) is 39.0 Å². The summed E-state index contributed by atoms with van der Waals surface area (Å²) in [7, 11) is 0. The van der Waals surface area contributed by atoms with Gasteiger partial charge in [0.15, 0.2) is 5.75 Å². The number of ether oxygens (including phenoxy) is 1. The van der Waals surface area contributed by atoms with Gasteiger partial charge >= 0.3 is 0 Å². The highest BCUT2D eigenvalue weighted by atomic mass is 35.5. The zero-order chi connectivity index (χ0) is 14.0. The Bertz CT molecular complexity index is 709. The van der Waals surface area contributed by atoms with E-state index in [0.717, 1.165) is 0 Å². The second-order valence-electron chi connectivity index (χ2n) is 3.63. The van der Waals surface area contributed by atoms with Gasteiger partial charge in [-0.3, -0.25) is 15.1 Å². The van der Waals surface area contributed by atoms with Crippen LogP contribution in [-0.2, 0) is 0 Å². The molecule has 1 aromatic heterocycles. The third kappa shape index (κ3) is 2.28. The molecule has 7 heteroatoms. The Morgan fingerprint density at radius 1 is 1.58 bits per heavy atom. The van der Waals surface area contributed by atoms with Gasteiger partial charge in [0.25, 0.3) is 5.69 Å². The lowest BCUT2D eigenvalue weighted by atomic mass is 10.1. The molecule has 0 aliphatic carbocycles. The number of benzene rings is 1. The standard InChI is InChI=1S/C12H8ClN3O3/c1-2-19-10-4-8(16(17)18)3-9-11(13)7(5-14)6-15-12(9)10/h3-4,6H,2H2,1H3. The highest BCUT2D eigenvalue weighted by Gasteiger charge is 2.17. The van der Waals surface area contributed by atoms with Crippen molar-refractivity contribution in [2.75, 3.05) is 6.61 Å². The number of nitro groups is 1. The van der Waals surface area contributed by atoms with Crippen molar-refractivity contribution in [3.63, 3.8) is 0 Å². The second-order valence-corrected chi connectivity index (χ2v) is 4.01. The number of hydrogen-bond donors (Lipinski definition) is 0. The SMILES string of the molecule is CCOc1cc([N+](=O)[O-])cc2c(Cl)c(C#N)cnc12. The van der Waals surface area contributed by atoms with Gasteiger partial charge in [-0.25, -0.2) is 0 Å². The van der Waals surface area contributed by atoms with Gasteiger partial charge in [0.1, 0.15) is 11.6 Å². The van der Waals surface area contributed by atoms with E-state index in [1.54, 1.807) is 6.92 Å². The predicted molar refractivity (Wildman–Crippen MR) is 69.3 cm³/mol. The molecule has 1 heterocycles. The third-order valence-corrected chi connectivity index (χ3v) is 2.89. The van der Waals surface area contributed by atoms with Gasteiger partial charge in [-0.15, -0.1) is 0 Å². The van der Waals surface area contributed by atoms with E-state index in [4.69, 9.17) is 21.6 Å². The summed E-state index contributed by atoms with van der Waals surface area (Å²) in [5.74, 6) is 0.276. The van der Waals surface area contributed by atoms with Crippen molar-refractivity contribution in [3.8, 4) is 11.8 Å². The third-order valence-electron chi connectivity index (χ3n) is 2.49. The zero-order valence-electron chi connectivity index (χ0n) is 9.88. The maximum atomic E-state index is 10.9. The van der Waals surface area contributed by atoms with Crippen LogP contribution in [0.2, 0.25) is 5.02 Å². The molecule has 0 fully saturated rings. The smallest absolute Gasteiger partial charge is 0.273 e. The lowest BCUT2D eigenvalue weighted by molar-refractivity contribution is -0.384. The molecule has 0 saturated carbocycles. The summed E-state index contributed by atoms with van der Waals surface area (Å²) in [6.07, 6.45) is 1.32. The summed E-state index contributed by atoms with van der Waals surface area (Å²) in [5.41, 5.74) is 0.406. The maximum absolute atomic E-state index is 10.9. The molecule has 0 unspecified atom stereocenters. The number of nitro benzene ring substituents is 1. The summed E-state index contributed by atoms with van der Waals surface area (Å²) in [6, 6.07) is 4.46. The molecule has 0 saturated heterocycles. The Morgan fingerprint density at radius 3 is 2.89 bits per heavy atom. The number of fused-ring (bicyclic) bond motifs is 1. The minimum atomic E-state index is -0.544. The summed E-state index contributed by atoms with van der Waals surface area (Å²) in [6.45, 7) is 2.10. The fraction of sp³-hybridized carbons (Fsp3) is 0.167. The average Bonchev–Trinajstić information content (AvgIpc) is 2.39. The van der Waals surface area contributed by atoms with Gasteiger partial charge < -0.3 is 4.74 Å². The van der Waals surface area contributed by atoms with Crippen molar-refractivity contribution in [1.29, 1.82) is 5.26 Å². The molecule has 96 valence electrons. The molecule has 0 radical (unpaired) electrons. The molecule has 6 nitrogen and oxygen atoms in total. The number of hydrogen-bond acceptors (Lipinski definition) is 5. The molecule has 0 amide bonds. The van der Waals surface area contributed by atoms with Crippen molar-refractivity contribution < 1.29 is 9.66 Å². The van der Waals surface area contributed by atoms with E-state index in [2.05, 4.69) is 4.98 Å². The molecule has 2 rings (SSSR count). The van der Waals surface area contributed by atoms with Crippen LogP contribution in [0.5, 0.6) is 5.75 Å². The molecule has 0 spiro atoms. The van der Waals surface area contributed by atoms with Gasteiger partial charge in [0, 0.05) is 17.6 Å². The number of aromatic nitrogens is 1. The first kappa shape index (κ1) is 13.1. The second kappa shape index (κ2) is 5.08. The van der Waals surface area contributed by atoms with E-state index in [0.29, 0.717) is 17.5 Å². The predicted octanol–water partition coefficient (Wildman–Crippen LogP) is 3.07. The molecule has 1 aromatic carbocycles. The molecule has 0 atom stereocenters. The molecule has 19 heavy (non-hydrogen) atoms. The number of non-ortho nitro benzene ring substituents is 1. The maximum Gasteiger partial charge on any atom is 0.273 e. The minimum absolute atomic E-state index is 0.136. The van der Waals surface area contributed by atoms with Crippen LogP contribution in [0.3, 0.4) is 0 Å². The van der Waals surface area contributed by atoms with Gasteiger partial charge in [0.2, 0.25) is 0 Å². The molecule has 0 aliphatic rings. The normalized spacial score (nSPS) is 10.2. The largest absolute Gasteiger partial charge is 0.491 e. The van der Waals surface area contributed by atoms with Crippen molar-refractivity contribution >= 4 is 28.2 Å². The molecular formula is C12H8ClN3O3. The molecule has 2 aromatic rings. The van der Waals surface area contributed by atoms with Crippen LogP contribution in [0.25, 0.3) is 10.9 Å². The summed E-state index contributed by atoms with van der Waals surface area (Å²) >= 11 is 6.05. The Kier molecular flexibility index (Phi) is 3.49. The topological polar surface area (TPSA) is 89.0 Å². The van der Waals surface area contributed by atoms with Crippen LogP contribution in [0.4, 0.5) is 5.69 Å². The monoisotopic (exact) mass is 277 g/mol. The molecule has 0 aliphatic heterocycles. The van der Waals surface area contributed by atoms with Crippen molar-refractivity contribution in [2.45, 2.75) is 6.92 Å². The van der Waals surface area contributed by atoms with Gasteiger partial charge in [0.05, 0.1) is 28.2 Å². The van der Waals surface area contributed by atoms with Crippen LogP contribution in [0.15, 0.2) is 18.3 Å².